The second-order valence-corrected chi connectivity index (χ2v) is 7.54. The number of methoxy groups -OCH3 is 1. The van der Waals surface area contributed by atoms with E-state index < -0.39 is 16.0 Å². The molecule has 0 bridgehead atoms. The van der Waals surface area contributed by atoms with E-state index in [1.807, 2.05) is 0 Å². The smallest absolute Gasteiger partial charge is 0.355 e. The minimum Gasteiger partial charge on any atom is -0.497 e. The van der Waals surface area contributed by atoms with Crippen LogP contribution in [0.4, 0.5) is 0 Å². The highest BCUT2D eigenvalue weighted by atomic mass is 32.2. The van der Waals surface area contributed by atoms with E-state index in [2.05, 4.69) is 4.72 Å². The van der Waals surface area contributed by atoms with E-state index in [9.17, 15) is 13.2 Å². The molecule has 26 heavy (non-hydrogen) atoms. The zero-order chi connectivity index (χ0) is 19.5. The predicted octanol–water partition coefficient (Wildman–Crippen LogP) is 2.31. The van der Waals surface area contributed by atoms with Gasteiger partial charge in [-0.3, -0.25) is 0 Å². The van der Waals surface area contributed by atoms with Crippen LogP contribution in [0.1, 0.15) is 34.2 Å². The third-order valence-corrected chi connectivity index (χ3v) is 5.89. The summed E-state index contributed by atoms with van der Waals surface area (Å²) in [5.41, 5.74) is 1.90. The number of ether oxygens (including phenoxy) is 2. The van der Waals surface area contributed by atoms with Crippen molar-refractivity contribution >= 4 is 16.0 Å². The first-order valence-corrected chi connectivity index (χ1v) is 9.66. The van der Waals surface area contributed by atoms with Crippen LogP contribution in [0.25, 0.3) is 0 Å². The van der Waals surface area contributed by atoms with E-state index in [0.717, 1.165) is 5.56 Å². The van der Waals surface area contributed by atoms with Crippen LogP contribution >= 0.6 is 0 Å². The Bertz CT molecular complexity index is 899. The third-order valence-electron chi connectivity index (χ3n) is 4.23. The normalized spacial score (nSPS) is 11.4. The minimum atomic E-state index is -3.80. The van der Waals surface area contributed by atoms with Crippen molar-refractivity contribution in [3.63, 3.8) is 0 Å². The van der Waals surface area contributed by atoms with Gasteiger partial charge in [-0.15, -0.1) is 0 Å². The lowest BCUT2D eigenvalue weighted by Gasteiger charge is -2.09. The Kier molecular flexibility index (Phi) is 6.09. The second kappa shape index (κ2) is 7.92. The monoisotopic (exact) mass is 380 g/mol. The summed E-state index contributed by atoms with van der Waals surface area (Å²) >= 11 is 0. The Morgan fingerprint density at radius 2 is 1.81 bits per heavy atom. The average molecular weight is 380 g/mol. The molecule has 0 atom stereocenters. The topological polar surface area (TPSA) is 86.6 Å². The minimum absolute atomic E-state index is 0.108. The summed E-state index contributed by atoms with van der Waals surface area (Å²) < 4.78 is 39.9. The van der Waals surface area contributed by atoms with E-state index in [1.54, 1.807) is 63.8 Å². The van der Waals surface area contributed by atoms with Crippen LogP contribution in [0, 0.1) is 13.8 Å². The van der Waals surface area contributed by atoms with Gasteiger partial charge in [-0.2, -0.15) is 0 Å². The van der Waals surface area contributed by atoms with Crippen molar-refractivity contribution in [3.8, 4) is 5.75 Å². The number of carbonyl (C=O) groups is 1. The molecule has 0 saturated heterocycles. The fraction of sp³-hybridized carbons (Fsp3) is 0.389. The molecule has 0 saturated carbocycles. The van der Waals surface area contributed by atoms with Gasteiger partial charge in [-0.25, -0.2) is 17.9 Å². The Balaban J connectivity index is 2.30. The second-order valence-electron chi connectivity index (χ2n) is 5.84. The van der Waals surface area contributed by atoms with Gasteiger partial charge in [-0.1, -0.05) is 12.1 Å². The van der Waals surface area contributed by atoms with Gasteiger partial charge >= 0.3 is 5.97 Å². The maximum absolute atomic E-state index is 12.8. The predicted molar refractivity (Wildman–Crippen MR) is 97.9 cm³/mol. The van der Waals surface area contributed by atoms with Crippen molar-refractivity contribution in [3.05, 3.63) is 46.8 Å². The molecule has 1 N–H and O–H groups in total. The Morgan fingerprint density at radius 3 is 2.35 bits per heavy atom. The first-order valence-electron chi connectivity index (χ1n) is 8.18. The molecular formula is C18H24N2O5S. The van der Waals surface area contributed by atoms with E-state index >= 15 is 0 Å². The summed E-state index contributed by atoms with van der Waals surface area (Å²) in [5.74, 6) is 0.164. The molecule has 0 spiro atoms. The van der Waals surface area contributed by atoms with E-state index in [4.69, 9.17) is 9.47 Å². The molecule has 0 aliphatic heterocycles. The number of nitrogens with one attached hydrogen (secondary N) is 1. The molecule has 2 aromatic rings. The summed E-state index contributed by atoms with van der Waals surface area (Å²) in [6.45, 7) is 5.34. The van der Waals surface area contributed by atoms with Gasteiger partial charge in [0, 0.05) is 24.8 Å². The molecule has 2 rings (SSSR count). The SMILES string of the molecule is CCOC(=O)c1c(C)c(S(=O)(=O)NCc2ccc(OC)cc2)c(C)n1C. The fourth-order valence-corrected chi connectivity index (χ4v) is 4.36. The third kappa shape index (κ3) is 3.91. The Morgan fingerprint density at radius 1 is 1.19 bits per heavy atom. The highest BCUT2D eigenvalue weighted by molar-refractivity contribution is 7.89. The maximum Gasteiger partial charge on any atom is 0.355 e. The number of nitrogens with zero attached hydrogens (tertiary/aromatic N) is 1. The van der Waals surface area contributed by atoms with Gasteiger partial charge in [0.05, 0.1) is 13.7 Å². The Hall–Kier alpha value is -2.32. The van der Waals surface area contributed by atoms with Crippen molar-refractivity contribution in [2.24, 2.45) is 7.05 Å². The number of hydrogen-bond donors (Lipinski definition) is 1. The number of aromatic nitrogens is 1. The lowest BCUT2D eigenvalue weighted by molar-refractivity contribution is 0.0514. The van der Waals surface area contributed by atoms with Crippen molar-refractivity contribution in [2.45, 2.75) is 32.2 Å². The van der Waals surface area contributed by atoms with Gasteiger partial charge in [-0.05, 0) is 38.5 Å². The number of benzene rings is 1. The van der Waals surface area contributed by atoms with Crippen LogP contribution in [0.2, 0.25) is 0 Å². The number of hydrogen-bond acceptors (Lipinski definition) is 5. The average Bonchev–Trinajstić information content (AvgIpc) is 2.83. The molecule has 8 heteroatoms. The molecule has 0 amide bonds. The molecule has 1 aromatic heterocycles. The van der Waals surface area contributed by atoms with E-state index in [1.165, 1.54) is 0 Å². The fourth-order valence-electron chi connectivity index (χ4n) is 2.83. The number of sulfonamides is 1. The molecule has 1 heterocycles. The molecule has 142 valence electrons. The quantitative estimate of drug-likeness (QED) is 0.745. The maximum atomic E-state index is 12.8. The van der Waals surface area contributed by atoms with Crippen LogP contribution in [0.15, 0.2) is 29.2 Å². The van der Waals surface area contributed by atoms with Gasteiger partial charge in [0.1, 0.15) is 16.3 Å². The molecule has 0 aliphatic rings. The Labute approximate surface area is 154 Å². The summed E-state index contributed by atoms with van der Waals surface area (Å²) in [6.07, 6.45) is 0. The lowest BCUT2D eigenvalue weighted by Crippen LogP contribution is -2.24. The molecule has 7 nitrogen and oxygen atoms in total. The molecule has 0 radical (unpaired) electrons. The number of carbonyl (C=O) groups excluding carboxylic acids is 1. The molecule has 1 aromatic carbocycles. The molecule has 0 unspecified atom stereocenters. The van der Waals surface area contributed by atoms with Crippen molar-refractivity contribution in [1.82, 2.24) is 9.29 Å². The van der Waals surface area contributed by atoms with Crippen molar-refractivity contribution in [2.75, 3.05) is 13.7 Å². The molecule has 0 aliphatic carbocycles. The van der Waals surface area contributed by atoms with Gasteiger partial charge in [0.25, 0.3) is 0 Å². The lowest BCUT2D eigenvalue weighted by atomic mass is 10.2. The first kappa shape index (κ1) is 20.0. The van der Waals surface area contributed by atoms with Crippen molar-refractivity contribution in [1.29, 1.82) is 0 Å². The number of esters is 1. The molecular weight excluding hydrogens is 356 g/mol. The first-order chi connectivity index (χ1) is 12.2. The van der Waals surface area contributed by atoms with E-state index in [-0.39, 0.29) is 23.7 Å². The summed E-state index contributed by atoms with van der Waals surface area (Å²) in [7, 11) is -0.576. The van der Waals surface area contributed by atoms with Crippen LogP contribution in [-0.2, 0) is 28.4 Å². The standard InChI is InChI=1S/C18H24N2O5S/c1-6-25-18(21)16-12(2)17(13(3)20(16)4)26(22,23)19-11-14-7-9-15(24-5)10-8-14/h7-10,19H,6,11H2,1-5H3. The van der Waals surface area contributed by atoms with Crippen LogP contribution in [0.5, 0.6) is 5.75 Å². The number of rotatable bonds is 7. The molecule has 0 fully saturated rings. The van der Waals surface area contributed by atoms with Crippen LogP contribution in [0.3, 0.4) is 0 Å². The highest BCUT2D eigenvalue weighted by Gasteiger charge is 2.29. The van der Waals surface area contributed by atoms with Gasteiger partial charge in [0.2, 0.25) is 10.0 Å². The highest BCUT2D eigenvalue weighted by Crippen LogP contribution is 2.26. The van der Waals surface area contributed by atoms with Crippen molar-refractivity contribution < 1.29 is 22.7 Å². The largest absolute Gasteiger partial charge is 0.497 e. The summed E-state index contributed by atoms with van der Waals surface area (Å²) in [4.78, 5) is 12.3. The summed E-state index contributed by atoms with van der Waals surface area (Å²) in [5, 5.41) is 0. The van der Waals surface area contributed by atoms with Gasteiger partial charge < -0.3 is 14.0 Å². The van der Waals surface area contributed by atoms with Gasteiger partial charge in [0.15, 0.2) is 0 Å². The zero-order valence-electron chi connectivity index (χ0n) is 15.6. The van der Waals surface area contributed by atoms with Crippen LogP contribution < -0.4 is 9.46 Å². The van der Waals surface area contributed by atoms with E-state index in [0.29, 0.717) is 17.0 Å². The van der Waals surface area contributed by atoms with Crippen LogP contribution in [-0.4, -0.2) is 32.7 Å². The summed E-state index contributed by atoms with van der Waals surface area (Å²) in [6, 6.07) is 7.11. The zero-order valence-corrected chi connectivity index (χ0v) is 16.4.